The van der Waals surface area contributed by atoms with Crippen LogP contribution < -0.4 is 10.6 Å². The Morgan fingerprint density at radius 2 is 1.89 bits per heavy atom. The predicted octanol–water partition coefficient (Wildman–Crippen LogP) is -0.259. The Kier molecular flexibility index (Phi) is 8.16. The van der Waals surface area contributed by atoms with Crippen LogP contribution in [-0.4, -0.2) is 63.2 Å². The minimum Gasteiger partial charge on any atom is -0.383 e. The van der Waals surface area contributed by atoms with Crippen molar-refractivity contribution in [1.29, 1.82) is 0 Å². The standard InChI is InChI=1S/C13H25N3O3/c1-19-10-7-14-11-12(17)15-6-5-13(18)16-8-3-2-4-9-16/h14H,2-11H2,1H3,(H,15,17). The summed E-state index contributed by atoms with van der Waals surface area (Å²) in [5.74, 6) is 0.0647. The molecule has 2 amide bonds. The van der Waals surface area contributed by atoms with Crippen LogP contribution in [0.5, 0.6) is 0 Å². The van der Waals surface area contributed by atoms with E-state index in [4.69, 9.17) is 4.74 Å². The van der Waals surface area contributed by atoms with Crippen molar-refractivity contribution in [1.82, 2.24) is 15.5 Å². The molecule has 1 saturated heterocycles. The lowest BCUT2D eigenvalue weighted by atomic mass is 10.1. The fraction of sp³-hybridized carbons (Fsp3) is 0.846. The van der Waals surface area contributed by atoms with Crippen LogP contribution in [0.3, 0.4) is 0 Å². The smallest absolute Gasteiger partial charge is 0.233 e. The van der Waals surface area contributed by atoms with E-state index in [0.29, 0.717) is 26.1 Å². The molecule has 110 valence electrons. The summed E-state index contributed by atoms with van der Waals surface area (Å²) in [6.07, 6.45) is 3.81. The molecule has 0 saturated carbocycles. The first-order valence-electron chi connectivity index (χ1n) is 6.98. The number of nitrogens with zero attached hydrogens (tertiary/aromatic N) is 1. The molecule has 1 aliphatic rings. The average Bonchev–Trinajstić information content (AvgIpc) is 2.44. The molecule has 19 heavy (non-hydrogen) atoms. The van der Waals surface area contributed by atoms with E-state index in [0.717, 1.165) is 25.9 Å². The van der Waals surface area contributed by atoms with Crippen LogP contribution in [0, 0.1) is 0 Å². The lowest BCUT2D eigenvalue weighted by Gasteiger charge is -2.26. The average molecular weight is 271 g/mol. The van der Waals surface area contributed by atoms with Gasteiger partial charge in [0.2, 0.25) is 11.8 Å². The van der Waals surface area contributed by atoms with Crippen LogP contribution in [0.4, 0.5) is 0 Å². The van der Waals surface area contributed by atoms with Gasteiger partial charge < -0.3 is 20.3 Å². The van der Waals surface area contributed by atoms with Gasteiger partial charge in [0.15, 0.2) is 0 Å². The van der Waals surface area contributed by atoms with Gasteiger partial charge in [0.25, 0.3) is 0 Å². The Hall–Kier alpha value is -1.14. The Morgan fingerprint density at radius 3 is 2.58 bits per heavy atom. The Morgan fingerprint density at radius 1 is 1.16 bits per heavy atom. The van der Waals surface area contributed by atoms with Gasteiger partial charge in [-0.05, 0) is 19.3 Å². The highest BCUT2D eigenvalue weighted by Gasteiger charge is 2.15. The number of hydrogen-bond donors (Lipinski definition) is 2. The molecule has 0 aromatic carbocycles. The molecule has 1 rings (SSSR count). The molecule has 0 aromatic rings. The number of methoxy groups -OCH3 is 1. The molecule has 0 atom stereocenters. The van der Waals surface area contributed by atoms with Crippen molar-refractivity contribution in [2.45, 2.75) is 25.7 Å². The van der Waals surface area contributed by atoms with Gasteiger partial charge in [-0.2, -0.15) is 0 Å². The first-order valence-corrected chi connectivity index (χ1v) is 6.98. The van der Waals surface area contributed by atoms with E-state index in [1.165, 1.54) is 6.42 Å². The van der Waals surface area contributed by atoms with Crippen LogP contribution in [0.15, 0.2) is 0 Å². The number of rotatable bonds is 8. The molecule has 0 aromatic heterocycles. The van der Waals surface area contributed by atoms with Crippen LogP contribution in [0.2, 0.25) is 0 Å². The highest BCUT2D eigenvalue weighted by Crippen LogP contribution is 2.09. The van der Waals surface area contributed by atoms with Crippen molar-refractivity contribution in [2.24, 2.45) is 0 Å². The van der Waals surface area contributed by atoms with E-state index in [1.54, 1.807) is 7.11 Å². The molecule has 0 radical (unpaired) electrons. The van der Waals surface area contributed by atoms with Crippen LogP contribution in [0.25, 0.3) is 0 Å². The van der Waals surface area contributed by atoms with Crippen molar-refractivity contribution in [3.8, 4) is 0 Å². The molecule has 1 heterocycles. The summed E-state index contributed by atoms with van der Waals surface area (Å²) in [7, 11) is 1.62. The van der Waals surface area contributed by atoms with Gasteiger partial charge in [-0.15, -0.1) is 0 Å². The maximum atomic E-state index is 11.8. The molecular formula is C13H25N3O3. The quantitative estimate of drug-likeness (QED) is 0.597. The molecule has 2 N–H and O–H groups in total. The second-order valence-corrected chi connectivity index (χ2v) is 4.71. The molecule has 6 heteroatoms. The summed E-state index contributed by atoms with van der Waals surface area (Å²) in [5.41, 5.74) is 0. The SMILES string of the molecule is COCCNCC(=O)NCCC(=O)N1CCCCC1. The summed E-state index contributed by atoms with van der Waals surface area (Å²) in [6.45, 7) is 3.65. The monoisotopic (exact) mass is 271 g/mol. The van der Waals surface area contributed by atoms with Gasteiger partial charge >= 0.3 is 0 Å². The predicted molar refractivity (Wildman–Crippen MR) is 72.8 cm³/mol. The fourth-order valence-corrected chi connectivity index (χ4v) is 2.05. The number of nitrogens with one attached hydrogen (secondary N) is 2. The number of ether oxygens (including phenoxy) is 1. The van der Waals surface area contributed by atoms with Gasteiger partial charge in [-0.25, -0.2) is 0 Å². The zero-order valence-corrected chi connectivity index (χ0v) is 11.7. The second kappa shape index (κ2) is 9.75. The Bertz CT molecular complexity index is 278. The zero-order chi connectivity index (χ0) is 13.9. The zero-order valence-electron chi connectivity index (χ0n) is 11.7. The van der Waals surface area contributed by atoms with E-state index < -0.39 is 0 Å². The van der Waals surface area contributed by atoms with Crippen LogP contribution >= 0.6 is 0 Å². The van der Waals surface area contributed by atoms with E-state index in [1.807, 2.05) is 4.90 Å². The number of carbonyl (C=O) groups is 2. The van der Waals surface area contributed by atoms with Crippen molar-refractivity contribution in [3.63, 3.8) is 0 Å². The molecule has 0 aliphatic carbocycles. The topological polar surface area (TPSA) is 70.7 Å². The van der Waals surface area contributed by atoms with Crippen LogP contribution in [0.1, 0.15) is 25.7 Å². The molecular weight excluding hydrogens is 246 g/mol. The largest absolute Gasteiger partial charge is 0.383 e. The molecule has 1 aliphatic heterocycles. The Labute approximate surface area is 114 Å². The summed E-state index contributed by atoms with van der Waals surface area (Å²) >= 11 is 0. The maximum absolute atomic E-state index is 11.8. The second-order valence-electron chi connectivity index (χ2n) is 4.71. The van der Waals surface area contributed by atoms with Crippen molar-refractivity contribution in [3.05, 3.63) is 0 Å². The number of carbonyl (C=O) groups excluding carboxylic acids is 2. The van der Waals surface area contributed by atoms with Gasteiger partial charge in [0, 0.05) is 39.7 Å². The van der Waals surface area contributed by atoms with Crippen molar-refractivity contribution >= 4 is 11.8 Å². The van der Waals surface area contributed by atoms with E-state index in [-0.39, 0.29) is 18.4 Å². The first-order chi connectivity index (χ1) is 9.24. The van der Waals surface area contributed by atoms with E-state index in [9.17, 15) is 9.59 Å². The highest BCUT2D eigenvalue weighted by atomic mass is 16.5. The summed E-state index contributed by atoms with van der Waals surface area (Å²) < 4.78 is 4.86. The van der Waals surface area contributed by atoms with Crippen LogP contribution in [-0.2, 0) is 14.3 Å². The molecule has 6 nitrogen and oxygen atoms in total. The van der Waals surface area contributed by atoms with Crippen molar-refractivity contribution < 1.29 is 14.3 Å². The summed E-state index contributed by atoms with van der Waals surface area (Å²) in [6, 6.07) is 0. The summed E-state index contributed by atoms with van der Waals surface area (Å²) in [4.78, 5) is 25.1. The van der Waals surface area contributed by atoms with Gasteiger partial charge in [-0.1, -0.05) is 0 Å². The molecule has 0 bridgehead atoms. The molecule has 0 spiro atoms. The third kappa shape index (κ3) is 7.12. The minimum atomic E-state index is -0.0810. The third-order valence-corrected chi connectivity index (χ3v) is 3.14. The first kappa shape index (κ1) is 15.9. The summed E-state index contributed by atoms with van der Waals surface area (Å²) in [5, 5.41) is 5.70. The lowest BCUT2D eigenvalue weighted by Crippen LogP contribution is -2.39. The number of hydrogen-bond acceptors (Lipinski definition) is 4. The highest BCUT2D eigenvalue weighted by molar-refractivity contribution is 5.80. The van der Waals surface area contributed by atoms with Gasteiger partial charge in [-0.3, -0.25) is 9.59 Å². The Balaban J connectivity index is 2.02. The number of piperidine rings is 1. The number of amides is 2. The molecule has 1 fully saturated rings. The fourth-order valence-electron chi connectivity index (χ4n) is 2.05. The number of likely N-dealkylation sites (tertiary alicyclic amines) is 1. The van der Waals surface area contributed by atoms with Gasteiger partial charge in [0.05, 0.1) is 13.2 Å². The van der Waals surface area contributed by atoms with E-state index in [2.05, 4.69) is 10.6 Å². The van der Waals surface area contributed by atoms with Crippen molar-refractivity contribution in [2.75, 3.05) is 46.4 Å². The molecule has 0 unspecified atom stereocenters. The normalized spacial score (nSPS) is 15.3. The van der Waals surface area contributed by atoms with Gasteiger partial charge in [0.1, 0.15) is 0 Å². The minimum absolute atomic E-state index is 0.0810. The lowest BCUT2D eigenvalue weighted by molar-refractivity contribution is -0.132. The third-order valence-electron chi connectivity index (χ3n) is 3.14. The van der Waals surface area contributed by atoms with E-state index >= 15 is 0 Å². The maximum Gasteiger partial charge on any atom is 0.233 e.